The number of nitrogens with zero attached hydrogens (tertiary/aromatic N) is 1. The predicted octanol–water partition coefficient (Wildman–Crippen LogP) is 3.56. The van der Waals surface area contributed by atoms with Crippen LogP contribution in [0.1, 0.15) is 16.7 Å². The average molecular weight is 311 g/mol. The zero-order chi connectivity index (χ0) is 16.7. The summed E-state index contributed by atoms with van der Waals surface area (Å²) < 4.78 is 16.1. The summed E-state index contributed by atoms with van der Waals surface area (Å²) in [5, 5.41) is 9.04. The third kappa shape index (κ3) is 3.95. The normalized spacial score (nSPS) is 10.0. The number of ether oxygens (including phenoxy) is 3. The second-order valence-corrected chi connectivity index (χ2v) is 5.12. The first-order valence-corrected chi connectivity index (χ1v) is 7.46. The first-order chi connectivity index (χ1) is 11.2. The van der Waals surface area contributed by atoms with Gasteiger partial charge in [-0.1, -0.05) is 18.2 Å². The van der Waals surface area contributed by atoms with E-state index in [-0.39, 0.29) is 0 Å². The number of nitriles is 1. The van der Waals surface area contributed by atoms with E-state index in [9.17, 15) is 0 Å². The van der Waals surface area contributed by atoms with Gasteiger partial charge in [-0.25, -0.2) is 0 Å². The van der Waals surface area contributed by atoms with Crippen LogP contribution in [0.3, 0.4) is 0 Å². The van der Waals surface area contributed by atoms with Crippen molar-refractivity contribution in [3.8, 4) is 23.3 Å². The number of rotatable bonds is 7. The van der Waals surface area contributed by atoms with E-state index in [4.69, 9.17) is 19.5 Å². The van der Waals surface area contributed by atoms with Crippen LogP contribution >= 0.6 is 0 Å². The Bertz CT molecular complexity index is 687. The second kappa shape index (κ2) is 8.09. The molecule has 2 aromatic rings. The molecule has 0 aromatic heterocycles. The van der Waals surface area contributed by atoms with Gasteiger partial charge in [-0.3, -0.25) is 0 Å². The zero-order valence-corrected chi connectivity index (χ0v) is 13.8. The lowest BCUT2D eigenvalue weighted by Gasteiger charge is -2.16. The molecule has 0 amide bonds. The molecule has 0 unspecified atom stereocenters. The summed E-state index contributed by atoms with van der Waals surface area (Å²) in [5.74, 6) is 2.26. The highest BCUT2D eigenvalue weighted by atomic mass is 16.5. The van der Waals surface area contributed by atoms with Crippen LogP contribution in [0, 0.1) is 11.3 Å². The molecule has 0 aliphatic heterocycles. The number of hydrogen-bond donors (Lipinski definition) is 0. The molecule has 0 N–H and O–H groups in total. The summed E-state index contributed by atoms with van der Waals surface area (Å²) in [4.78, 5) is 0. The Morgan fingerprint density at radius 1 is 0.870 bits per heavy atom. The fourth-order valence-corrected chi connectivity index (χ4v) is 2.62. The van der Waals surface area contributed by atoms with E-state index in [0.29, 0.717) is 17.9 Å². The molecular formula is C19H21NO3. The Hall–Kier alpha value is -2.67. The average Bonchev–Trinajstić information content (AvgIpc) is 2.60. The molecule has 0 radical (unpaired) electrons. The monoisotopic (exact) mass is 311 g/mol. The minimum Gasteiger partial charge on any atom is -0.497 e. The smallest absolute Gasteiger partial charge is 0.164 e. The van der Waals surface area contributed by atoms with Gasteiger partial charge >= 0.3 is 0 Å². The maximum atomic E-state index is 9.04. The van der Waals surface area contributed by atoms with Crippen molar-refractivity contribution < 1.29 is 14.2 Å². The van der Waals surface area contributed by atoms with Crippen molar-refractivity contribution in [2.75, 3.05) is 21.3 Å². The minimum atomic E-state index is 0.359. The Morgan fingerprint density at radius 2 is 1.61 bits per heavy atom. The molecule has 0 aliphatic rings. The highest BCUT2D eigenvalue weighted by Gasteiger charge is 2.14. The van der Waals surface area contributed by atoms with Crippen LogP contribution in [0.25, 0.3) is 0 Å². The van der Waals surface area contributed by atoms with Gasteiger partial charge in [0.05, 0.1) is 33.8 Å². The fraction of sp³-hybridized carbons (Fsp3) is 0.316. The molecule has 4 heteroatoms. The predicted molar refractivity (Wildman–Crippen MR) is 89.3 cm³/mol. The van der Waals surface area contributed by atoms with E-state index < -0.39 is 0 Å². The largest absolute Gasteiger partial charge is 0.497 e. The molecule has 2 aromatic carbocycles. The fourth-order valence-electron chi connectivity index (χ4n) is 2.62. The van der Waals surface area contributed by atoms with Crippen LogP contribution in [0.5, 0.6) is 17.2 Å². The van der Waals surface area contributed by atoms with Gasteiger partial charge in [-0.05, 0) is 42.2 Å². The maximum Gasteiger partial charge on any atom is 0.164 e. The molecule has 0 atom stereocenters. The number of aryl methyl sites for hydroxylation is 1. The van der Waals surface area contributed by atoms with Crippen LogP contribution in [0.4, 0.5) is 0 Å². The molecule has 0 saturated carbocycles. The molecule has 0 saturated heterocycles. The van der Waals surface area contributed by atoms with Crippen LogP contribution < -0.4 is 14.2 Å². The van der Waals surface area contributed by atoms with Gasteiger partial charge in [0.25, 0.3) is 0 Å². The molecule has 0 bridgehead atoms. The minimum absolute atomic E-state index is 0.359. The zero-order valence-electron chi connectivity index (χ0n) is 13.8. The highest BCUT2D eigenvalue weighted by Crippen LogP contribution is 2.34. The Labute approximate surface area is 137 Å². The van der Waals surface area contributed by atoms with E-state index in [1.165, 1.54) is 5.56 Å². The topological polar surface area (TPSA) is 51.5 Å². The first kappa shape index (κ1) is 16.7. The number of benzene rings is 2. The van der Waals surface area contributed by atoms with E-state index in [2.05, 4.69) is 18.2 Å². The van der Waals surface area contributed by atoms with Gasteiger partial charge in [0.2, 0.25) is 0 Å². The molecule has 2 rings (SSSR count). The van der Waals surface area contributed by atoms with Crippen molar-refractivity contribution in [2.24, 2.45) is 0 Å². The van der Waals surface area contributed by atoms with Crippen LogP contribution in [0.2, 0.25) is 0 Å². The van der Waals surface area contributed by atoms with Crippen molar-refractivity contribution in [3.05, 3.63) is 53.1 Å². The van der Waals surface area contributed by atoms with E-state index >= 15 is 0 Å². The van der Waals surface area contributed by atoms with E-state index in [0.717, 1.165) is 29.7 Å². The second-order valence-electron chi connectivity index (χ2n) is 5.12. The maximum absolute atomic E-state index is 9.04. The molecule has 0 spiro atoms. The first-order valence-electron chi connectivity index (χ1n) is 7.46. The summed E-state index contributed by atoms with van der Waals surface area (Å²) in [6, 6.07) is 14.0. The SMILES string of the molecule is COc1ccc(CCc2c(CC#N)ccc(OC)c2OC)cc1. The van der Waals surface area contributed by atoms with E-state index in [1.807, 2.05) is 24.3 Å². The lowest BCUT2D eigenvalue weighted by atomic mass is 9.96. The summed E-state index contributed by atoms with van der Waals surface area (Å²) in [6.07, 6.45) is 1.99. The summed E-state index contributed by atoms with van der Waals surface area (Å²) >= 11 is 0. The lowest BCUT2D eigenvalue weighted by molar-refractivity contribution is 0.351. The molecule has 4 nitrogen and oxygen atoms in total. The molecule has 120 valence electrons. The molecule has 0 fully saturated rings. The lowest BCUT2D eigenvalue weighted by Crippen LogP contribution is -2.03. The molecular weight excluding hydrogens is 290 g/mol. The molecule has 23 heavy (non-hydrogen) atoms. The van der Waals surface area contributed by atoms with Crippen molar-refractivity contribution in [1.82, 2.24) is 0 Å². The summed E-state index contributed by atoms with van der Waals surface area (Å²) in [7, 11) is 4.91. The van der Waals surface area contributed by atoms with Crippen molar-refractivity contribution in [2.45, 2.75) is 19.3 Å². The van der Waals surface area contributed by atoms with Crippen LogP contribution in [0.15, 0.2) is 36.4 Å². The summed E-state index contributed by atoms with van der Waals surface area (Å²) in [6.45, 7) is 0. The third-order valence-corrected chi connectivity index (χ3v) is 3.84. The van der Waals surface area contributed by atoms with Gasteiger partial charge < -0.3 is 14.2 Å². The van der Waals surface area contributed by atoms with Gasteiger partial charge in [-0.2, -0.15) is 5.26 Å². The van der Waals surface area contributed by atoms with Gasteiger partial charge in [0, 0.05) is 5.56 Å². The Balaban J connectivity index is 2.27. The van der Waals surface area contributed by atoms with Gasteiger partial charge in [0.15, 0.2) is 11.5 Å². The molecule has 0 heterocycles. The number of hydrogen-bond acceptors (Lipinski definition) is 4. The van der Waals surface area contributed by atoms with Crippen molar-refractivity contribution in [3.63, 3.8) is 0 Å². The van der Waals surface area contributed by atoms with Crippen molar-refractivity contribution >= 4 is 0 Å². The van der Waals surface area contributed by atoms with E-state index in [1.54, 1.807) is 21.3 Å². The van der Waals surface area contributed by atoms with Crippen LogP contribution in [-0.2, 0) is 19.3 Å². The Kier molecular flexibility index (Phi) is 5.87. The quantitative estimate of drug-likeness (QED) is 0.784. The van der Waals surface area contributed by atoms with Crippen LogP contribution in [-0.4, -0.2) is 21.3 Å². The highest BCUT2D eigenvalue weighted by molar-refractivity contribution is 5.52. The Morgan fingerprint density at radius 3 is 2.17 bits per heavy atom. The van der Waals surface area contributed by atoms with Crippen molar-refractivity contribution in [1.29, 1.82) is 5.26 Å². The summed E-state index contributed by atoms with van der Waals surface area (Å²) in [5.41, 5.74) is 3.22. The number of methoxy groups -OCH3 is 3. The molecule has 0 aliphatic carbocycles. The standard InChI is InChI=1S/C19H21NO3/c1-21-16-8-4-14(5-9-16)6-10-17-15(12-13-20)7-11-18(22-2)19(17)23-3/h4-5,7-9,11H,6,10,12H2,1-3H3. The third-order valence-electron chi connectivity index (χ3n) is 3.84. The van der Waals surface area contributed by atoms with Gasteiger partial charge in [0.1, 0.15) is 5.75 Å². The van der Waals surface area contributed by atoms with Gasteiger partial charge in [-0.15, -0.1) is 0 Å².